The van der Waals surface area contributed by atoms with Crippen LogP contribution in [-0.2, 0) is 16.0 Å². The number of para-hydroxylation sites is 1. The Labute approximate surface area is 195 Å². The van der Waals surface area contributed by atoms with Crippen LogP contribution >= 0.6 is 0 Å². The maximum absolute atomic E-state index is 13.4. The van der Waals surface area contributed by atoms with Gasteiger partial charge in [-0.25, -0.2) is 0 Å². The summed E-state index contributed by atoms with van der Waals surface area (Å²) in [7, 11) is 2.14. The van der Waals surface area contributed by atoms with Crippen molar-refractivity contribution in [3.8, 4) is 5.75 Å². The standard InChI is InChI=1S/C27H33N3O3/c1-19(31)30-14-11-20-7-3-4-8-21(20)24(30)17-26(32)28-23-18-27(12-15-29(2)16-13-27)33-25-10-6-5-9-22(23)25/h3-10,23-24H,11-18H2,1-2H3,(H,28,32). The van der Waals surface area contributed by atoms with Gasteiger partial charge in [0.2, 0.25) is 11.8 Å². The summed E-state index contributed by atoms with van der Waals surface area (Å²) in [5.41, 5.74) is 3.13. The van der Waals surface area contributed by atoms with Crippen molar-refractivity contribution in [3.63, 3.8) is 0 Å². The zero-order valence-electron chi connectivity index (χ0n) is 19.5. The highest BCUT2D eigenvalue weighted by molar-refractivity contribution is 5.80. The van der Waals surface area contributed by atoms with Gasteiger partial charge >= 0.3 is 0 Å². The van der Waals surface area contributed by atoms with Crippen LogP contribution in [0.2, 0.25) is 0 Å². The molecular weight excluding hydrogens is 414 g/mol. The quantitative estimate of drug-likeness (QED) is 0.781. The van der Waals surface area contributed by atoms with Crippen LogP contribution in [0.15, 0.2) is 48.5 Å². The Bertz CT molecular complexity index is 1040. The summed E-state index contributed by atoms with van der Waals surface area (Å²) in [6.45, 7) is 4.24. The number of nitrogens with one attached hydrogen (secondary N) is 1. The van der Waals surface area contributed by atoms with Crippen molar-refractivity contribution >= 4 is 11.8 Å². The molecule has 3 aliphatic rings. The number of carbonyl (C=O) groups is 2. The van der Waals surface area contributed by atoms with Crippen molar-refractivity contribution in [2.24, 2.45) is 0 Å². The fraction of sp³-hybridized carbons (Fsp3) is 0.481. The van der Waals surface area contributed by atoms with Gasteiger partial charge in [-0.1, -0.05) is 42.5 Å². The van der Waals surface area contributed by atoms with Gasteiger partial charge in [0.1, 0.15) is 11.4 Å². The van der Waals surface area contributed by atoms with Crippen LogP contribution in [0.1, 0.15) is 61.4 Å². The first-order chi connectivity index (χ1) is 15.9. The molecule has 33 heavy (non-hydrogen) atoms. The highest BCUT2D eigenvalue weighted by Gasteiger charge is 2.43. The summed E-state index contributed by atoms with van der Waals surface area (Å²) >= 11 is 0. The smallest absolute Gasteiger partial charge is 0.222 e. The number of benzene rings is 2. The summed E-state index contributed by atoms with van der Waals surface area (Å²) in [5, 5.41) is 3.32. The normalized spacial score (nSPS) is 23.9. The number of likely N-dealkylation sites (tertiary alicyclic amines) is 1. The molecule has 3 heterocycles. The van der Waals surface area contributed by atoms with E-state index in [0.717, 1.165) is 55.6 Å². The van der Waals surface area contributed by atoms with Crippen molar-refractivity contribution in [3.05, 3.63) is 65.2 Å². The third-order valence-electron chi connectivity index (χ3n) is 7.63. The average molecular weight is 448 g/mol. The molecule has 5 rings (SSSR count). The molecule has 1 N–H and O–H groups in total. The first kappa shape index (κ1) is 22.0. The summed E-state index contributed by atoms with van der Waals surface area (Å²) in [6.07, 6.45) is 3.79. The van der Waals surface area contributed by atoms with Crippen molar-refractivity contribution < 1.29 is 14.3 Å². The van der Waals surface area contributed by atoms with Gasteiger partial charge in [-0.3, -0.25) is 9.59 Å². The van der Waals surface area contributed by atoms with Crippen molar-refractivity contribution in [1.29, 1.82) is 0 Å². The summed E-state index contributed by atoms with van der Waals surface area (Å²) in [6, 6.07) is 15.9. The number of fused-ring (bicyclic) bond motifs is 2. The second kappa shape index (κ2) is 8.82. The predicted octanol–water partition coefficient (Wildman–Crippen LogP) is 3.63. The van der Waals surface area contributed by atoms with Crippen LogP contribution in [0.3, 0.4) is 0 Å². The Morgan fingerprint density at radius 1 is 1.03 bits per heavy atom. The van der Waals surface area contributed by atoms with Crippen molar-refractivity contribution in [2.75, 3.05) is 26.7 Å². The minimum Gasteiger partial charge on any atom is -0.487 e. The molecule has 0 aliphatic carbocycles. The van der Waals surface area contributed by atoms with Gasteiger partial charge in [0.15, 0.2) is 0 Å². The third kappa shape index (κ3) is 4.36. The SMILES string of the molecule is CC(=O)N1CCc2ccccc2C1CC(=O)NC1CC2(CCN(C)CC2)Oc2ccccc21. The molecule has 3 aliphatic heterocycles. The molecule has 2 unspecified atom stereocenters. The first-order valence-electron chi connectivity index (χ1n) is 12.0. The lowest BCUT2D eigenvalue weighted by Gasteiger charge is -2.46. The number of nitrogens with zero attached hydrogens (tertiary/aromatic N) is 2. The maximum Gasteiger partial charge on any atom is 0.222 e. The molecule has 1 spiro atoms. The van der Waals surface area contributed by atoms with E-state index in [2.05, 4.69) is 35.5 Å². The van der Waals surface area contributed by atoms with Crippen LogP contribution < -0.4 is 10.1 Å². The molecule has 0 radical (unpaired) electrons. The van der Waals surface area contributed by atoms with Crippen molar-refractivity contribution in [2.45, 2.75) is 56.7 Å². The van der Waals surface area contributed by atoms with Crippen LogP contribution in [0.25, 0.3) is 0 Å². The molecule has 1 fully saturated rings. The molecule has 0 bridgehead atoms. The molecule has 2 amide bonds. The van der Waals surface area contributed by atoms with E-state index in [1.54, 1.807) is 6.92 Å². The lowest BCUT2D eigenvalue weighted by Crippen LogP contribution is -2.51. The van der Waals surface area contributed by atoms with Gasteiger partial charge in [-0.2, -0.15) is 0 Å². The zero-order valence-corrected chi connectivity index (χ0v) is 19.5. The van der Waals surface area contributed by atoms with Crippen LogP contribution in [0.4, 0.5) is 0 Å². The molecule has 2 aromatic rings. The number of hydrogen-bond donors (Lipinski definition) is 1. The van der Waals surface area contributed by atoms with E-state index in [9.17, 15) is 9.59 Å². The second-order valence-electron chi connectivity index (χ2n) is 9.83. The van der Waals surface area contributed by atoms with Crippen molar-refractivity contribution in [1.82, 2.24) is 15.1 Å². The zero-order chi connectivity index (χ0) is 23.0. The average Bonchev–Trinajstić information content (AvgIpc) is 2.81. The maximum atomic E-state index is 13.4. The molecule has 2 atom stereocenters. The van der Waals surface area contributed by atoms with Crippen LogP contribution in [0, 0.1) is 0 Å². The van der Waals surface area contributed by atoms with Gasteiger partial charge in [-0.05, 0) is 43.5 Å². The van der Waals surface area contributed by atoms with Gasteiger partial charge in [-0.15, -0.1) is 0 Å². The Morgan fingerprint density at radius 2 is 1.73 bits per heavy atom. The molecule has 0 aromatic heterocycles. The van der Waals surface area contributed by atoms with E-state index in [1.165, 1.54) is 5.56 Å². The van der Waals surface area contributed by atoms with E-state index in [0.29, 0.717) is 6.54 Å². The monoisotopic (exact) mass is 447 g/mol. The highest BCUT2D eigenvalue weighted by Crippen LogP contribution is 2.44. The third-order valence-corrected chi connectivity index (χ3v) is 7.63. The molecule has 6 heteroatoms. The molecular formula is C27H33N3O3. The largest absolute Gasteiger partial charge is 0.487 e. The Kier molecular flexibility index (Phi) is 5.87. The molecule has 1 saturated heterocycles. The minimum absolute atomic E-state index is 0.0176. The first-order valence-corrected chi connectivity index (χ1v) is 12.0. The Hall–Kier alpha value is -2.86. The number of piperidine rings is 1. The fourth-order valence-electron chi connectivity index (χ4n) is 5.76. The highest BCUT2D eigenvalue weighted by atomic mass is 16.5. The van der Waals surface area contributed by atoms with Gasteiger partial charge in [0, 0.05) is 38.5 Å². The van der Waals surface area contributed by atoms with E-state index in [4.69, 9.17) is 4.74 Å². The molecule has 0 saturated carbocycles. The van der Waals surface area contributed by atoms with E-state index < -0.39 is 0 Å². The van der Waals surface area contributed by atoms with Crippen LogP contribution in [0.5, 0.6) is 5.75 Å². The summed E-state index contributed by atoms with van der Waals surface area (Å²) in [5.74, 6) is 0.878. The minimum atomic E-state index is -0.234. The van der Waals surface area contributed by atoms with Crippen LogP contribution in [-0.4, -0.2) is 53.9 Å². The van der Waals surface area contributed by atoms with Gasteiger partial charge < -0.3 is 19.9 Å². The Morgan fingerprint density at radius 3 is 2.48 bits per heavy atom. The molecule has 2 aromatic carbocycles. The van der Waals surface area contributed by atoms with E-state index >= 15 is 0 Å². The van der Waals surface area contributed by atoms with E-state index in [-0.39, 0.29) is 35.9 Å². The number of carbonyl (C=O) groups excluding carboxylic acids is 2. The number of hydrogen-bond acceptors (Lipinski definition) is 4. The van der Waals surface area contributed by atoms with Gasteiger partial charge in [0.25, 0.3) is 0 Å². The van der Waals surface area contributed by atoms with Gasteiger partial charge in [0.05, 0.1) is 18.5 Å². The Balaban J connectivity index is 1.37. The number of ether oxygens (including phenoxy) is 1. The number of amides is 2. The summed E-state index contributed by atoms with van der Waals surface area (Å²) < 4.78 is 6.53. The summed E-state index contributed by atoms with van der Waals surface area (Å²) in [4.78, 5) is 29.9. The fourth-order valence-corrected chi connectivity index (χ4v) is 5.76. The number of rotatable bonds is 3. The predicted molar refractivity (Wildman–Crippen MR) is 127 cm³/mol. The molecule has 174 valence electrons. The lowest BCUT2D eigenvalue weighted by molar-refractivity contribution is -0.133. The topological polar surface area (TPSA) is 61.9 Å². The molecule has 6 nitrogen and oxygen atoms in total. The van der Waals surface area contributed by atoms with E-state index in [1.807, 2.05) is 35.2 Å². The second-order valence-corrected chi connectivity index (χ2v) is 9.83. The lowest BCUT2D eigenvalue weighted by atomic mass is 9.80.